The normalized spacial score (nSPS) is 17.2. The van der Waals surface area contributed by atoms with E-state index in [9.17, 15) is 4.79 Å². The third-order valence-electron chi connectivity index (χ3n) is 6.84. The number of carbonyl (C=O) groups is 1. The van der Waals surface area contributed by atoms with Gasteiger partial charge in [-0.05, 0) is 80.9 Å². The molecule has 1 saturated heterocycles. The van der Waals surface area contributed by atoms with E-state index >= 15 is 0 Å². The molecular formula is C28H30N6OS2. The lowest BCUT2D eigenvalue weighted by atomic mass is 9.96. The molecule has 5 rings (SSSR count). The van der Waals surface area contributed by atoms with Crippen LogP contribution < -0.4 is 10.6 Å². The van der Waals surface area contributed by atoms with Gasteiger partial charge < -0.3 is 15.5 Å². The highest BCUT2D eigenvalue weighted by molar-refractivity contribution is 7.80. The van der Waals surface area contributed by atoms with E-state index in [-0.39, 0.29) is 18.0 Å². The van der Waals surface area contributed by atoms with Gasteiger partial charge in [-0.1, -0.05) is 18.2 Å². The van der Waals surface area contributed by atoms with Crippen LogP contribution in [0.3, 0.4) is 0 Å². The number of thiocarbonyl (C=S) groups is 1. The van der Waals surface area contributed by atoms with Gasteiger partial charge in [-0.25, -0.2) is 4.98 Å². The fraction of sp³-hybridized carbons (Fsp3) is 0.286. The van der Waals surface area contributed by atoms with Gasteiger partial charge in [0.2, 0.25) is 5.91 Å². The predicted octanol–water partition coefficient (Wildman–Crippen LogP) is 5.56. The summed E-state index contributed by atoms with van der Waals surface area (Å²) in [5.74, 6) is -0.0372. The van der Waals surface area contributed by atoms with Crippen molar-refractivity contribution in [3.8, 4) is 5.13 Å². The van der Waals surface area contributed by atoms with Crippen molar-refractivity contribution in [2.75, 3.05) is 11.9 Å². The van der Waals surface area contributed by atoms with E-state index in [2.05, 4.69) is 50.0 Å². The SMILES string of the molecule is Cc1ccc(C)c(NC(=O)CCN2C(=S)NC(c3ccccn3)C2c2cc(C)n(-c3nccs3)c2C)c1. The van der Waals surface area contributed by atoms with Crippen molar-refractivity contribution >= 4 is 40.3 Å². The molecule has 1 aliphatic heterocycles. The Balaban J connectivity index is 1.45. The van der Waals surface area contributed by atoms with E-state index in [1.165, 1.54) is 0 Å². The monoisotopic (exact) mass is 530 g/mol. The number of hydrogen-bond donors (Lipinski definition) is 2. The molecule has 4 aromatic rings. The largest absolute Gasteiger partial charge is 0.352 e. The van der Waals surface area contributed by atoms with Crippen LogP contribution in [0.1, 0.15) is 52.3 Å². The Hall–Kier alpha value is -3.56. The minimum absolute atomic E-state index is 0.0372. The lowest BCUT2D eigenvalue weighted by Crippen LogP contribution is -2.33. The van der Waals surface area contributed by atoms with E-state index in [1.54, 1.807) is 17.5 Å². The first-order chi connectivity index (χ1) is 17.8. The summed E-state index contributed by atoms with van der Waals surface area (Å²) in [6.45, 7) is 8.72. The summed E-state index contributed by atoms with van der Waals surface area (Å²) in [6.07, 6.45) is 3.93. The first kappa shape index (κ1) is 25.1. The number of hydrogen-bond acceptors (Lipinski definition) is 5. The molecule has 7 nitrogen and oxygen atoms in total. The van der Waals surface area contributed by atoms with Crippen LogP contribution in [0.2, 0.25) is 0 Å². The second-order valence-electron chi connectivity index (χ2n) is 9.41. The van der Waals surface area contributed by atoms with E-state index in [0.717, 1.165) is 44.6 Å². The predicted molar refractivity (Wildman–Crippen MR) is 152 cm³/mol. The minimum Gasteiger partial charge on any atom is -0.352 e. The van der Waals surface area contributed by atoms with Gasteiger partial charge in [0.1, 0.15) is 0 Å². The van der Waals surface area contributed by atoms with Crippen molar-refractivity contribution in [3.63, 3.8) is 0 Å². The van der Waals surface area contributed by atoms with Crippen molar-refractivity contribution < 1.29 is 4.79 Å². The zero-order chi connectivity index (χ0) is 26.1. The maximum absolute atomic E-state index is 13.0. The topological polar surface area (TPSA) is 75.1 Å². The maximum Gasteiger partial charge on any atom is 0.226 e. The van der Waals surface area contributed by atoms with E-state index in [1.807, 2.05) is 61.8 Å². The summed E-state index contributed by atoms with van der Waals surface area (Å²) >= 11 is 7.42. The Morgan fingerprint density at radius 1 is 1.11 bits per heavy atom. The Bertz CT molecular complexity index is 1430. The molecular weight excluding hydrogens is 500 g/mol. The average Bonchev–Trinajstić information content (AvgIpc) is 3.58. The lowest BCUT2D eigenvalue weighted by molar-refractivity contribution is -0.116. The van der Waals surface area contributed by atoms with Gasteiger partial charge in [0.05, 0.1) is 17.8 Å². The van der Waals surface area contributed by atoms with Crippen molar-refractivity contribution in [2.24, 2.45) is 0 Å². The molecule has 0 bridgehead atoms. The number of thiazole rings is 1. The Morgan fingerprint density at radius 2 is 1.95 bits per heavy atom. The molecule has 0 saturated carbocycles. The number of benzene rings is 1. The molecule has 1 aliphatic rings. The molecule has 2 atom stereocenters. The van der Waals surface area contributed by atoms with E-state index < -0.39 is 0 Å². The molecule has 9 heteroatoms. The van der Waals surface area contributed by atoms with Crippen molar-refractivity contribution in [1.29, 1.82) is 0 Å². The number of nitrogens with one attached hydrogen (secondary N) is 2. The van der Waals surface area contributed by atoms with Crippen LogP contribution in [0.4, 0.5) is 5.69 Å². The van der Waals surface area contributed by atoms with Crippen molar-refractivity contribution in [1.82, 2.24) is 24.8 Å². The van der Waals surface area contributed by atoms with Gasteiger partial charge >= 0.3 is 0 Å². The van der Waals surface area contributed by atoms with E-state index in [4.69, 9.17) is 12.2 Å². The van der Waals surface area contributed by atoms with Crippen LogP contribution in [0, 0.1) is 27.7 Å². The van der Waals surface area contributed by atoms with Crippen LogP contribution >= 0.6 is 23.6 Å². The quantitative estimate of drug-likeness (QED) is 0.305. The number of aryl methyl sites for hydroxylation is 3. The fourth-order valence-corrected chi connectivity index (χ4v) is 6.08. The number of nitrogens with zero attached hydrogens (tertiary/aromatic N) is 4. The highest BCUT2D eigenvalue weighted by atomic mass is 32.1. The van der Waals surface area contributed by atoms with E-state index in [0.29, 0.717) is 18.1 Å². The molecule has 37 heavy (non-hydrogen) atoms. The summed E-state index contributed by atoms with van der Waals surface area (Å²) in [4.78, 5) is 24.3. The minimum atomic E-state index is -0.138. The molecule has 1 aromatic carbocycles. The summed E-state index contributed by atoms with van der Waals surface area (Å²) < 4.78 is 2.18. The molecule has 3 aromatic heterocycles. The Kier molecular flexibility index (Phi) is 7.08. The van der Waals surface area contributed by atoms with Gasteiger partial charge in [0.15, 0.2) is 10.2 Å². The first-order valence-electron chi connectivity index (χ1n) is 12.3. The van der Waals surface area contributed by atoms with Gasteiger partial charge in [-0.3, -0.25) is 14.3 Å². The molecule has 4 heterocycles. The third-order valence-corrected chi connectivity index (χ3v) is 7.95. The molecule has 0 aliphatic carbocycles. The maximum atomic E-state index is 13.0. The van der Waals surface area contributed by atoms with Crippen LogP contribution in [0.15, 0.2) is 60.2 Å². The standard InChI is InChI=1S/C28H30N6OS2/c1-17-8-9-18(2)23(15-17)31-24(35)10-13-33-26(25(32-27(33)36)22-7-5-6-11-29-22)21-16-19(3)34(20(21)4)28-30-12-14-37-28/h5-9,11-12,14-16,25-26H,10,13H2,1-4H3,(H,31,35)(H,32,36). The second kappa shape index (κ2) is 10.4. The number of aromatic nitrogens is 3. The van der Waals surface area contributed by atoms with Crippen LogP contribution in [-0.4, -0.2) is 37.0 Å². The van der Waals surface area contributed by atoms with Gasteiger partial charge in [0.25, 0.3) is 0 Å². The number of amides is 1. The number of rotatable bonds is 7. The third kappa shape index (κ3) is 5.01. The fourth-order valence-electron chi connectivity index (χ4n) is 5.00. The zero-order valence-electron chi connectivity index (χ0n) is 21.4. The second-order valence-corrected chi connectivity index (χ2v) is 10.7. The zero-order valence-corrected chi connectivity index (χ0v) is 23.0. The molecule has 2 unspecified atom stereocenters. The summed E-state index contributed by atoms with van der Waals surface area (Å²) in [5.41, 5.74) is 7.27. The molecule has 0 radical (unpaired) electrons. The van der Waals surface area contributed by atoms with Crippen LogP contribution in [0.5, 0.6) is 0 Å². The lowest BCUT2D eigenvalue weighted by Gasteiger charge is -2.28. The van der Waals surface area contributed by atoms with Gasteiger partial charge in [0, 0.05) is 47.8 Å². The average molecular weight is 531 g/mol. The summed E-state index contributed by atoms with van der Waals surface area (Å²) in [5, 5.41) is 10.1. The van der Waals surface area contributed by atoms with Crippen LogP contribution in [0.25, 0.3) is 5.13 Å². The van der Waals surface area contributed by atoms with Crippen LogP contribution in [-0.2, 0) is 4.79 Å². The van der Waals surface area contributed by atoms with Gasteiger partial charge in [-0.15, -0.1) is 11.3 Å². The highest BCUT2D eigenvalue weighted by Gasteiger charge is 2.41. The molecule has 1 amide bonds. The van der Waals surface area contributed by atoms with Crippen molar-refractivity contribution in [3.05, 3.63) is 94.0 Å². The first-order valence-corrected chi connectivity index (χ1v) is 13.6. The molecule has 190 valence electrons. The number of anilines is 1. The highest BCUT2D eigenvalue weighted by Crippen LogP contribution is 2.41. The molecule has 2 N–H and O–H groups in total. The van der Waals surface area contributed by atoms with Gasteiger partial charge in [-0.2, -0.15) is 0 Å². The summed E-state index contributed by atoms with van der Waals surface area (Å²) in [6, 6.07) is 13.9. The Labute approximate surface area is 226 Å². The Morgan fingerprint density at radius 3 is 2.68 bits per heavy atom. The smallest absolute Gasteiger partial charge is 0.226 e. The number of pyridine rings is 1. The number of carbonyl (C=O) groups excluding carboxylic acids is 1. The summed E-state index contributed by atoms with van der Waals surface area (Å²) in [7, 11) is 0. The van der Waals surface area contributed by atoms with Crippen molar-refractivity contribution in [2.45, 2.75) is 46.2 Å². The molecule has 0 spiro atoms. The molecule has 1 fully saturated rings.